The number of aromatic nitrogens is 1. The summed E-state index contributed by atoms with van der Waals surface area (Å²) in [5.41, 5.74) is 4.95. The lowest BCUT2D eigenvalue weighted by molar-refractivity contribution is 1.24. The van der Waals surface area contributed by atoms with E-state index in [2.05, 4.69) is 15.0 Å². The van der Waals surface area contributed by atoms with E-state index in [4.69, 9.17) is 23.2 Å². The molecule has 0 aliphatic heterocycles. The van der Waals surface area contributed by atoms with Gasteiger partial charge in [-0.15, -0.1) is 0 Å². The Kier molecular flexibility index (Phi) is 5.82. The van der Waals surface area contributed by atoms with Gasteiger partial charge in [0.1, 0.15) is 0 Å². The minimum atomic E-state index is 0.691. The maximum Gasteiger partial charge on any atom is 0.0849 e. The summed E-state index contributed by atoms with van der Waals surface area (Å²) >= 11 is 11.8. The zero-order valence-corrected chi connectivity index (χ0v) is 16.0. The van der Waals surface area contributed by atoms with Crippen LogP contribution in [0.15, 0.2) is 76.7 Å². The highest BCUT2D eigenvalue weighted by atomic mass is 35.5. The van der Waals surface area contributed by atoms with Crippen molar-refractivity contribution >= 4 is 46.0 Å². The molecule has 26 heavy (non-hydrogen) atoms. The fourth-order valence-electron chi connectivity index (χ4n) is 2.37. The van der Waals surface area contributed by atoms with E-state index in [0.717, 1.165) is 34.2 Å². The standard InChI is InChI=1S/C21H17Cl2N3/c1-14(24-18-10-6-16(22)7-11-18)20-4-3-5-21(26-20)15(2)25-19-12-8-17(23)9-13-19/h3-13H,1-2H3. The van der Waals surface area contributed by atoms with Crippen molar-refractivity contribution in [3.63, 3.8) is 0 Å². The van der Waals surface area contributed by atoms with Crippen molar-refractivity contribution in [1.29, 1.82) is 0 Å². The predicted octanol–water partition coefficient (Wildman–Crippen LogP) is 6.67. The first-order valence-electron chi connectivity index (χ1n) is 8.11. The fourth-order valence-corrected chi connectivity index (χ4v) is 2.62. The van der Waals surface area contributed by atoms with E-state index in [9.17, 15) is 0 Å². The molecule has 0 spiro atoms. The van der Waals surface area contributed by atoms with Crippen molar-refractivity contribution in [1.82, 2.24) is 4.98 Å². The van der Waals surface area contributed by atoms with Crippen molar-refractivity contribution in [2.75, 3.05) is 0 Å². The van der Waals surface area contributed by atoms with E-state index in [1.165, 1.54) is 0 Å². The number of nitrogens with zero attached hydrogens (tertiary/aromatic N) is 3. The SMILES string of the molecule is CC(=Nc1ccc(Cl)cc1)c1cccc(C(C)=Nc2ccc(Cl)cc2)n1. The average Bonchev–Trinajstić information content (AvgIpc) is 2.65. The van der Waals surface area contributed by atoms with Gasteiger partial charge in [-0.1, -0.05) is 29.3 Å². The maximum atomic E-state index is 5.91. The highest BCUT2D eigenvalue weighted by Crippen LogP contribution is 2.19. The number of hydrogen-bond donors (Lipinski definition) is 0. The monoisotopic (exact) mass is 381 g/mol. The van der Waals surface area contributed by atoms with Crippen LogP contribution in [0.25, 0.3) is 0 Å². The highest BCUT2D eigenvalue weighted by Gasteiger charge is 2.05. The molecule has 0 saturated carbocycles. The van der Waals surface area contributed by atoms with Crippen molar-refractivity contribution in [2.24, 2.45) is 9.98 Å². The topological polar surface area (TPSA) is 37.6 Å². The lowest BCUT2D eigenvalue weighted by Gasteiger charge is -2.05. The van der Waals surface area contributed by atoms with Crippen LogP contribution < -0.4 is 0 Å². The van der Waals surface area contributed by atoms with Gasteiger partial charge < -0.3 is 0 Å². The van der Waals surface area contributed by atoms with Crippen LogP contribution in [0, 0.1) is 0 Å². The Balaban J connectivity index is 1.87. The third-order valence-electron chi connectivity index (χ3n) is 3.74. The van der Waals surface area contributed by atoms with Gasteiger partial charge in [0.2, 0.25) is 0 Å². The number of halogens is 2. The largest absolute Gasteiger partial charge is 0.252 e. The second-order valence-corrected chi connectivity index (χ2v) is 6.63. The second kappa shape index (κ2) is 8.26. The first kappa shape index (κ1) is 18.3. The summed E-state index contributed by atoms with van der Waals surface area (Å²) in [7, 11) is 0. The van der Waals surface area contributed by atoms with Crippen LogP contribution in [0.2, 0.25) is 10.0 Å². The van der Waals surface area contributed by atoms with E-state index in [0.29, 0.717) is 10.0 Å². The third-order valence-corrected chi connectivity index (χ3v) is 4.24. The van der Waals surface area contributed by atoms with Gasteiger partial charge in [-0.3, -0.25) is 9.98 Å². The van der Waals surface area contributed by atoms with E-state index in [1.807, 2.05) is 80.6 Å². The number of hydrogen-bond acceptors (Lipinski definition) is 3. The summed E-state index contributed by atoms with van der Waals surface area (Å²) in [6, 6.07) is 20.6. The first-order valence-corrected chi connectivity index (χ1v) is 8.86. The number of pyridine rings is 1. The molecule has 130 valence electrons. The molecule has 1 aromatic heterocycles. The summed E-state index contributed by atoms with van der Waals surface area (Å²) in [5, 5.41) is 1.38. The van der Waals surface area contributed by atoms with Gasteiger partial charge in [0, 0.05) is 10.0 Å². The molecule has 3 nitrogen and oxygen atoms in total. The van der Waals surface area contributed by atoms with Crippen LogP contribution >= 0.6 is 23.2 Å². The van der Waals surface area contributed by atoms with Gasteiger partial charge in [-0.2, -0.15) is 0 Å². The Bertz CT molecular complexity index is 883. The zero-order valence-electron chi connectivity index (χ0n) is 14.4. The van der Waals surface area contributed by atoms with Gasteiger partial charge >= 0.3 is 0 Å². The molecule has 0 atom stereocenters. The second-order valence-electron chi connectivity index (χ2n) is 5.76. The summed E-state index contributed by atoms with van der Waals surface area (Å²) in [6.07, 6.45) is 0. The van der Waals surface area contributed by atoms with Crippen molar-refractivity contribution in [3.8, 4) is 0 Å². The Morgan fingerprint density at radius 2 is 1.04 bits per heavy atom. The van der Waals surface area contributed by atoms with E-state index < -0.39 is 0 Å². The summed E-state index contributed by atoms with van der Waals surface area (Å²) in [5.74, 6) is 0. The molecule has 3 aromatic rings. The molecule has 0 unspecified atom stereocenters. The Morgan fingerprint density at radius 1 is 0.654 bits per heavy atom. The lowest BCUT2D eigenvalue weighted by atomic mass is 10.2. The zero-order chi connectivity index (χ0) is 18.5. The molecular weight excluding hydrogens is 365 g/mol. The molecule has 1 heterocycles. The van der Waals surface area contributed by atoms with Crippen LogP contribution in [-0.2, 0) is 0 Å². The van der Waals surface area contributed by atoms with Gasteiger partial charge in [-0.05, 0) is 74.5 Å². The first-order chi connectivity index (χ1) is 12.5. The number of benzene rings is 2. The maximum absolute atomic E-state index is 5.91. The summed E-state index contributed by atoms with van der Waals surface area (Å²) in [6.45, 7) is 3.87. The minimum Gasteiger partial charge on any atom is -0.252 e. The number of aliphatic imine (C=N–C) groups is 2. The Hall–Kier alpha value is -2.49. The molecule has 0 bridgehead atoms. The predicted molar refractivity (Wildman–Crippen MR) is 111 cm³/mol. The van der Waals surface area contributed by atoms with Crippen molar-refractivity contribution in [3.05, 3.63) is 88.2 Å². The van der Waals surface area contributed by atoms with Crippen LogP contribution in [0.5, 0.6) is 0 Å². The Morgan fingerprint density at radius 3 is 1.42 bits per heavy atom. The van der Waals surface area contributed by atoms with E-state index in [-0.39, 0.29) is 0 Å². The van der Waals surface area contributed by atoms with Crippen LogP contribution in [0.4, 0.5) is 11.4 Å². The van der Waals surface area contributed by atoms with Crippen LogP contribution in [0.1, 0.15) is 25.2 Å². The summed E-state index contributed by atoms with van der Waals surface area (Å²) < 4.78 is 0. The molecule has 0 aliphatic rings. The average molecular weight is 382 g/mol. The lowest BCUT2D eigenvalue weighted by Crippen LogP contribution is -2.04. The van der Waals surface area contributed by atoms with Crippen molar-refractivity contribution < 1.29 is 0 Å². The Labute approximate surface area is 163 Å². The molecule has 5 heteroatoms. The van der Waals surface area contributed by atoms with Crippen LogP contribution in [-0.4, -0.2) is 16.4 Å². The molecule has 2 aromatic carbocycles. The van der Waals surface area contributed by atoms with Crippen LogP contribution in [0.3, 0.4) is 0 Å². The third kappa shape index (κ3) is 4.78. The van der Waals surface area contributed by atoms with E-state index >= 15 is 0 Å². The molecule has 3 rings (SSSR count). The quantitative estimate of drug-likeness (QED) is 0.464. The molecule has 0 aliphatic carbocycles. The van der Waals surface area contributed by atoms with E-state index in [1.54, 1.807) is 0 Å². The smallest absolute Gasteiger partial charge is 0.0849 e. The molecule has 0 radical (unpaired) electrons. The van der Waals surface area contributed by atoms with Crippen molar-refractivity contribution in [2.45, 2.75) is 13.8 Å². The van der Waals surface area contributed by atoms with Gasteiger partial charge in [-0.25, -0.2) is 4.98 Å². The molecule has 0 N–H and O–H groups in total. The van der Waals surface area contributed by atoms with Gasteiger partial charge in [0.05, 0.1) is 34.2 Å². The molecular formula is C21H17Cl2N3. The molecule has 0 fully saturated rings. The highest BCUT2D eigenvalue weighted by molar-refractivity contribution is 6.30. The van der Waals surface area contributed by atoms with Gasteiger partial charge in [0.25, 0.3) is 0 Å². The van der Waals surface area contributed by atoms with Gasteiger partial charge in [0.15, 0.2) is 0 Å². The molecule has 0 saturated heterocycles. The summed E-state index contributed by atoms with van der Waals surface area (Å²) in [4.78, 5) is 13.9. The normalized spacial score (nSPS) is 12.3. The number of rotatable bonds is 4. The fraction of sp³-hybridized carbons (Fsp3) is 0.0952. The molecule has 0 amide bonds. The minimum absolute atomic E-state index is 0.691.